The van der Waals surface area contributed by atoms with Crippen LogP contribution < -0.4 is 5.73 Å². The summed E-state index contributed by atoms with van der Waals surface area (Å²) in [6.07, 6.45) is 9.46. The van der Waals surface area contributed by atoms with Crippen LogP contribution in [0.1, 0.15) is 58.3 Å². The highest BCUT2D eigenvalue weighted by Crippen LogP contribution is 2.57. The number of likely N-dealkylation sites (N-methyl/N-ethyl adjacent to an activating group) is 1. The first-order valence-corrected chi connectivity index (χ1v) is 9.26. The van der Waals surface area contributed by atoms with Crippen molar-refractivity contribution in [2.75, 3.05) is 33.2 Å². The molecule has 0 radical (unpaired) electrons. The van der Waals surface area contributed by atoms with Crippen molar-refractivity contribution in [3.63, 3.8) is 0 Å². The van der Waals surface area contributed by atoms with Gasteiger partial charge in [0, 0.05) is 31.7 Å². The number of hydrogen-bond acceptors (Lipinski definition) is 3. The molecule has 0 bridgehead atoms. The molecule has 22 heavy (non-hydrogen) atoms. The molecular weight excluding hydrogens is 274 g/mol. The van der Waals surface area contributed by atoms with E-state index in [9.17, 15) is 4.79 Å². The number of amides is 1. The molecule has 2 saturated carbocycles. The fourth-order valence-electron chi connectivity index (χ4n) is 5.87. The number of rotatable bonds is 3. The summed E-state index contributed by atoms with van der Waals surface area (Å²) >= 11 is 0. The third-order valence-corrected chi connectivity index (χ3v) is 7.11. The topological polar surface area (TPSA) is 49.6 Å². The summed E-state index contributed by atoms with van der Waals surface area (Å²) in [6.45, 7) is 6.71. The zero-order valence-electron chi connectivity index (χ0n) is 14.4. The van der Waals surface area contributed by atoms with E-state index < -0.39 is 0 Å². The predicted molar refractivity (Wildman–Crippen MR) is 89.5 cm³/mol. The van der Waals surface area contributed by atoms with Crippen LogP contribution in [0, 0.1) is 11.3 Å². The minimum absolute atomic E-state index is 0.0134. The fraction of sp³-hybridized carbons (Fsp3) is 0.944. The SMILES string of the molecule is CC1CCCCC1(C(N)=O)C1(N2CCN(C)CC2)CCCC1. The first kappa shape index (κ1) is 16.3. The molecule has 0 aromatic carbocycles. The number of piperazine rings is 1. The summed E-state index contributed by atoms with van der Waals surface area (Å²) in [6, 6.07) is 0. The Morgan fingerprint density at radius 1 is 1.00 bits per heavy atom. The molecule has 1 saturated heterocycles. The van der Waals surface area contributed by atoms with E-state index >= 15 is 0 Å². The Hall–Kier alpha value is -0.610. The van der Waals surface area contributed by atoms with Crippen LogP contribution in [0.25, 0.3) is 0 Å². The minimum atomic E-state index is -0.294. The maximum atomic E-state index is 12.8. The average Bonchev–Trinajstić information content (AvgIpc) is 2.99. The van der Waals surface area contributed by atoms with Crippen LogP contribution in [-0.4, -0.2) is 54.5 Å². The van der Waals surface area contributed by atoms with Gasteiger partial charge in [0.05, 0.1) is 5.41 Å². The van der Waals surface area contributed by atoms with E-state index in [4.69, 9.17) is 5.73 Å². The van der Waals surface area contributed by atoms with Gasteiger partial charge in [0.1, 0.15) is 0 Å². The lowest BCUT2D eigenvalue weighted by molar-refractivity contribution is -0.153. The van der Waals surface area contributed by atoms with Crippen molar-refractivity contribution in [2.45, 2.75) is 63.8 Å². The summed E-state index contributed by atoms with van der Waals surface area (Å²) in [5.74, 6) is 0.414. The molecule has 2 atom stereocenters. The van der Waals surface area contributed by atoms with Crippen molar-refractivity contribution in [1.82, 2.24) is 9.80 Å². The van der Waals surface area contributed by atoms with Gasteiger partial charge in [-0.2, -0.15) is 0 Å². The van der Waals surface area contributed by atoms with E-state index in [1.807, 2.05) is 0 Å². The maximum absolute atomic E-state index is 12.8. The van der Waals surface area contributed by atoms with Gasteiger partial charge in [0.2, 0.25) is 5.91 Å². The van der Waals surface area contributed by atoms with E-state index in [1.165, 1.54) is 44.9 Å². The molecule has 1 aliphatic heterocycles. The number of primary amides is 1. The Morgan fingerprint density at radius 3 is 2.14 bits per heavy atom. The summed E-state index contributed by atoms with van der Waals surface area (Å²) in [4.78, 5) is 17.8. The second kappa shape index (κ2) is 6.12. The molecule has 4 nitrogen and oxygen atoms in total. The highest BCUT2D eigenvalue weighted by molar-refractivity contribution is 5.83. The summed E-state index contributed by atoms with van der Waals surface area (Å²) < 4.78 is 0. The zero-order valence-corrected chi connectivity index (χ0v) is 14.4. The van der Waals surface area contributed by atoms with Gasteiger partial charge in [-0.25, -0.2) is 0 Å². The molecule has 4 heteroatoms. The van der Waals surface area contributed by atoms with Gasteiger partial charge in [-0.05, 0) is 38.6 Å². The largest absolute Gasteiger partial charge is 0.369 e. The van der Waals surface area contributed by atoms with Crippen molar-refractivity contribution < 1.29 is 4.79 Å². The maximum Gasteiger partial charge on any atom is 0.225 e. The number of nitrogens with two attached hydrogens (primary N) is 1. The summed E-state index contributed by atoms with van der Waals surface area (Å²) in [5, 5.41) is 0. The Kier molecular flexibility index (Phi) is 4.52. The third-order valence-electron chi connectivity index (χ3n) is 7.11. The van der Waals surface area contributed by atoms with Crippen LogP contribution in [0.3, 0.4) is 0 Å². The zero-order chi connectivity index (χ0) is 15.8. The second-order valence-electron chi connectivity index (χ2n) is 8.01. The lowest BCUT2D eigenvalue weighted by Crippen LogP contribution is -2.68. The van der Waals surface area contributed by atoms with Crippen LogP contribution in [0.4, 0.5) is 0 Å². The van der Waals surface area contributed by atoms with Gasteiger partial charge in [-0.15, -0.1) is 0 Å². The van der Waals surface area contributed by atoms with E-state index in [-0.39, 0.29) is 16.9 Å². The summed E-state index contributed by atoms with van der Waals surface area (Å²) in [7, 11) is 2.20. The van der Waals surface area contributed by atoms with E-state index in [1.54, 1.807) is 0 Å². The van der Waals surface area contributed by atoms with Gasteiger partial charge in [-0.1, -0.05) is 32.6 Å². The van der Waals surface area contributed by atoms with Crippen molar-refractivity contribution in [2.24, 2.45) is 17.1 Å². The van der Waals surface area contributed by atoms with Crippen molar-refractivity contribution >= 4 is 5.91 Å². The number of carbonyl (C=O) groups excluding carboxylic acids is 1. The van der Waals surface area contributed by atoms with E-state index in [2.05, 4.69) is 23.8 Å². The standard InChI is InChI=1S/C18H33N3O/c1-15-7-3-4-10-18(15,16(19)22)17(8-5-6-9-17)21-13-11-20(2)12-14-21/h15H,3-14H2,1-2H3,(H2,19,22). The van der Waals surface area contributed by atoms with Crippen molar-refractivity contribution in [1.29, 1.82) is 0 Å². The normalized spacial score (nSPS) is 37.3. The van der Waals surface area contributed by atoms with Crippen LogP contribution in [0.2, 0.25) is 0 Å². The number of hydrogen-bond donors (Lipinski definition) is 1. The Bertz CT molecular complexity index is 411. The first-order valence-electron chi connectivity index (χ1n) is 9.26. The number of carbonyl (C=O) groups is 1. The molecule has 3 rings (SSSR count). The molecule has 126 valence electrons. The molecule has 1 amide bonds. The monoisotopic (exact) mass is 307 g/mol. The molecule has 2 aliphatic carbocycles. The highest BCUT2D eigenvalue weighted by atomic mass is 16.1. The van der Waals surface area contributed by atoms with Gasteiger partial charge < -0.3 is 10.6 Å². The van der Waals surface area contributed by atoms with Gasteiger partial charge in [0.15, 0.2) is 0 Å². The lowest BCUT2D eigenvalue weighted by Gasteiger charge is -2.58. The molecule has 3 aliphatic rings. The van der Waals surface area contributed by atoms with Crippen LogP contribution in [0.15, 0.2) is 0 Å². The lowest BCUT2D eigenvalue weighted by atomic mass is 9.54. The smallest absolute Gasteiger partial charge is 0.225 e. The Labute approximate surface area is 135 Å². The molecule has 0 spiro atoms. The second-order valence-corrected chi connectivity index (χ2v) is 8.01. The fourth-order valence-corrected chi connectivity index (χ4v) is 5.87. The molecule has 3 fully saturated rings. The molecule has 1 heterocycles. The summed E-state index contributed by atoms with van der Waals surface area (Å²) in [5.41, 5.74) is 5.86. The minimum Gasteiger partial charge on any atom is -0.369 e. The van der Waals surface area contributed by atoms with Gasteiger partial charge in [-0.3, -0.25) is 9.69 Å². The molecule has 2 unspecified atom stereocenters. The molecule has 2 N–H and O–H groups in total. The van der Waals surface area contributed by atoms with Crippen LogP contribution in [0.5, 0.6) is 0 Å². The first-order chi connectivity index (χ1) is 10.5. The van der Waals surface area contributed by atoms with Gasteiger partial charge in [0.25, 0.3) is 0 Å². The van der Waals surface area contributed by atoms with Crippen molar-refractivity contribution in [3.8, 4) is 0 Å². The molecule has 0 aromatic rings. The molecular formula is C18H33N3O. The highest BCUT2D eigenvalue weighted by Gasteiger charge is 2.61. The van der Waals surface area contributed by atoms with E-state index in [0.29, 0.717) is 5.92 Å². The quantitative estimate of drug-likeness (QED) is 0.870. The molecule has 0 aromatic heterocycles. The van der Waals surface area contributed by atoms with Crippen LogP contribution >= 0.6 is 0 Å². The third kappa shape index (κ3) is 2.30. The predicted octanol–water partition coefficient (Wildman–Crippen LogP) is 2.23. The number of nitrogens with zero attached hydrogens (tertiary/aromatic N) is 2. The van der Waals surface area contributed by atoms with E-state index in [0.717, 1.165) is 32.6 Å². The van der Waals surface area contributed by atoms with Gasteiger partial charge >= 0.3 is 0 Å². The average molecular weight is 307 g/mol. The Balaban J connectivity index is 1.98. The Morgan fingerprint density at radius 2 is 1.59 bits per heavy atom. The van der Waals surface area contributed by atoms with Crippen LogP contribution in [-0.2, 0) is 4.79 Å². The van der Waals surface area contributed by atoms with Crippen molar-refractivity contribution in [3.05, 3.63) is 0 Å².